The minimum Gasteiger partial charge on any atom is -0.491 e. The molecule has 0 bridgehead atoms. The summed E-state index contributed by atoms with van der Waals surface area (Å²) in [5.74, 6) is -0.0165. The number of hydrogen-bond acceptors (Lipinski definition) is 5. The number of amides is 1. The molecule has 1 atom stereocenters. The monoisotopic (exact) mass is 399 g/mol. The number of carbonyl (C=O) groups excluding carboxylic acids is 1. The summed E-state index contributed by atoms with van der Waals surface area (Å²) < 4.78 is 16.4. The van der Waals surface area contributed by atoms with Crippen molar-refractivity contribution in [3.8, 4) is 11.5 Å². The van der Waals surface area contributed by atoms with Gasteiger partial charge in [-0.1, -0.05) is 18.2 Å². The molecule has 1 aliphatic heterocycles. The lowest BCUT2D eigenvalue weighted by Gasteiger charge is -2.12. The average molecular weight is 399 g/mol. The molecule has 1 aliphatic rings. The van der Waals surface area contributed by atoms with E-state index in [1.807, 2.05) is 18.2 Å². The summed E-state index contributed by atoms with van der Waals surface area (Å²) in [6.45, 7) is 1.40. The topological polar surface area (TPSA) is 94.1 Å². The highest BCUT2D eigenvalue weighted by molar-refractivity contribution is 5.94. The van der Waals surface area contributed by atoms with Gasteiger partial charge < -0.3 is 24.6 Å². The highest BCUT2D eigenvalue weighted by atomic mass is 16.5. The van der Waals surface area contributed by atoms with Crippen molar-refractivity contribution in [2.75, 3.05) is 26.4 Å². The van der Waals surface area contributed by atoms with Gasteiger partial charge in [0.25, 0.3) is 5.91 Å². The fourth-order valence-electron chi connectivity index (χ4n) is 3.01. The van der Waals surface area contributed by atoms with Gasteiger partial charge in [-0.3, -0.25) is 4.79 Å². The molecule has 1 heterocycles. The molecule has 7 heteroatoms. The Morgan fingerprint density at radius 2 is 1.93 bits per heavy atom. The highest BCUT2D eigenvalue weighted by Crippen LogP contribution is 2.17. The Morgan fingerprint density at radius 1 is 1.10 bits per heavy atom. The van der Waals surface area contributed by atoms with Gasteiger partial charge in [-0.05, 0) is 55.2 Å². The Kier molecular flexibility index (Phi) is 7.47. The number of ether oxygens (including phenoxy) is 3. The van der Waals surface area contributed by atoms with Crippen LogP contribution in [0.4, 0.5) is 0 Å². The molecule has 1 amide bonds. The summed E-state index contributed by atoms with van der Waals surface area (Å²) >= 11 is 0. The van der Waals surface area contributed by atoms with Crippen LogP contribution in [0.3, 0.4) is 0 Å². The van der Waals surface area contributed by atoms with Crippen LogP contribution in [0.15, 0.2) is 48.5 Å². The lowest BCUT2D eigenvalue weighted by atomic mass is 10.1. The van der Waals surface area contributed by atoms with Crippen LogP contribution in [0.2, 0.25) is 0 Å². The number of hydrogen-bond donors (Lipinski definition) is 2. The van der Waals surface area contributed by atoms with E-state index in [0.29, 0.717) is 36.6 Å². The van der Waals surface area contributed by atoms with Gasteiger partial charge in [-0.15, -0.1) is 0 Å². The van der Waals surface area contributed by atoms with Crippen LogP contribution in [0.5, 0.6) is 11.5 Å². The lowest BCUT2D eigenvalue weighted by Crippen LogP contribution is -2.25. The van der Waals surface area contributed by atoms with Crippen molar-refractivity contribution in [3.63, 3.8) is 0 Å². The van der Waals surface area contributed by atoms with Crippen molar-refractivity contribution in [1.82, 2.24) is 5.32 Å². The molecule has 2 aromatic carbocycles. The Hall–Kier alpha value is -3.06. The van der Waals surface area contributed by atoms with E-state index >= 15 is 0 Å². The van der Waals surface area contributed by atoms with E-state index in [1.165, 1.54) is 0 Å². The Morgan fingerprint density at radius 3 is 2.66 bits per heavy atom. The van der Waals surface area contributed by atoms with E-state index in [1.54, 1.807) is 30.3 Å². The van der Waals surface area contributed by atoms with E-state index < -0.39 is 5.97 Å². The fraction of sp³-hybridized carbons (Fsp3) is 0.364. The SMILES string of the molecule is O=C(O)COc1ccc(CCNC(=O)c2cccc(OCC3CCCO3)c2)cc1. The summed E-state index contributed by atoms with van der Waals surface area (Å²) in [6.07, 6.45) is 2.86. The van der Waals surface area contributed by atoms with Crippen molar-refractivity contribution in [2.45, 2.75) is 25.4 Å². The zero-order valence-corrected chi connectivity index (χ0v) is 16.1. The van der Waals surface area contributed by atoms with Gasteiger partial charge in [0, 0.05) is 18.7 Å². The highest BCUT2D eigenvalue weighted by Gasteiger charge is 2.16. The van der Waals surface area contributed by atoms with Gasteiger partial charge in [-0.2, -0.15) is 0 Å². The van der Waals surface area contributed by atoms with Crippen LogP contribution < -0.4 is 14.8 Å². The first-order valence-corrected chi connectivity index (χ1v) is 9.66. The third-order valence-electron chi connectivity index (χ3n) is 4.54. The zero-order valence-electron chi connectivity index (χ0n) is 16.1. The van der Waals surface area contributed by atoms with Gasteiger partial charge in [0.2, 0.25) is 0 Å². The molecular weight excluding hydrogens is 374 g/mol. The molecule has 0 aliphatic carbocycles. The molecule has 0 radical (unpaired) electrons. The van der Waals surface area contributed by atoms with Gasteiger partial charge in [-0.25, -0.2) is 4.79 Å². The van der Waals surface area contributed by atoms with Crippen LogP contribution in [-0.4, -0.2) is 49.5 Å². The lowest BCUT2D eigenvalue weighted by molar-refractivity contribution is -0.139. The molecule has 0 spiro atoms. The van der Waals surface area contributed by atoms with E-state index in [0.717, 1.165) is 25.0 Å². The summed E-state index contributed by atoms with van der Waals surface area (Å²) in [5, 5.41) is 11.5. The number of nitrogens with one attached hydrogen (secondary N) is 1. The van der Waals surface area contributed by atoms with E-state index in [9.17, 15) is 9.59 Å². The molecule has 7 nitrogen and oxygen atoms in total. The van der Waals surface area contributed by atoms with E-state index in [2.05, 4.69) is 5.32 Å². The minimum atomic E-state index is -1.02. The maximum atomic E-state index is 12.4. The average Bonchev–Trinajstić information content (AvgIpc) is 3.25. The van der Waals surface area contributed by atoms with Crippen LogP contribution in [0.25, 0.3) is 0 Å². The number of rotatable bonds is 10. The number of carbonyl (C=O) groups is 2. The normalized spacial score (nSPS) is 15.7. The van der Waals surface area contributed by atoms with Crippen molar-refractivity contribution >= 4 is 11.9 Å². The quantitative estimate of drug-likeness (QED) is 0.638. The van der Waals surface area contributed by atoms with Gasteiger partial charge in [0.1, 0.15) is 18.1 Å². The summed E-state index contributed by atoms with van der Waals surface area (Å²) in [6, 6.07) is 14.3. The molecule has 1 unspecified atom stereocenters. The number of carboxylic acid groups (broad SMARTS) is 1. The van der Waals surface area contributed by atoms with Crippen LogP contribution in [0, 0.1) is 0 Å². The molecule has 1 fully saturated rings. The molecule has 154 valence electrons. The van der Waals surface area contributed by atoms with Crippen molar-refractivity contribution in [1.29, 1.82) is 0 Å². The summed E-state index contributed by atoms with van der Waals surface area (Å²) in [7, 11) is 0. The summed E-state index contributed by atoms with van der Waals surface area (Å²) in [4.78, 5) is 22.9. The first kappa shape index (κ1) is 20.7. The van der Waals surface area contributed by atoms with E-state index in [4.69, 9.17) is 19.3 Å². The van der Waals surface area contributed by atoms with E-state index in [-0.39, 0.29) is 18.6 Å². The number of carboxylic acids is 1. The second kappa shape index (κ2) is 10.5. The molecule has 2 aromatic rings. The smallest absolute Gasteiger partial charge is 0.341 e. The maximum Gasteiger partial charge on any atom is 0.341 e. The molecule has 3 rings (SSSR count). The van der Waals surface area contributed by atoms with Crippen LogP contribution in [0.1, 0.15) is 28.8 Å². The molecule has 0 aromatic heterocycles. The Balaban J connectivity index is 1.43. The van der Waals surface area contributed by atoms with Crippen LogP contribution in [-0.2, 0) is 16.0 Å². The molecule has 0 saturated carbocycles. The van der Waals surface area contributed by atoms with Crippen molar-refractivity contribution in [3.05, 3.63) is 59.7 Å². The molecule has 29 heavy (non-hydrogen) atoms. The molecule has 2 N–H and O–H groups in total. The van der Waals surface area contributed by atoms with Gasteiger partial charge in [0.05, 0.1) is 6.10 Å². The molecular formula is C22H25NO6. The maximum absolute atomic E-state index is 12.4. The second-order valence-electron chi connectivity index (χ2n) is 6.81. The van der Waals surface area contributed by atoms with Crippen molar-refractivity contribution < 1.29 is 28.9 Å². The predicted molar refractivity (Wildman–Crippen MR) is 107 cm³/mol. The summed E-state index contributed by atoms with van der Waals surface area (Å²) in [5.41, 5.74) is 1.56. The minimum absolute atomic E-state index is 0.133. The Labute approximate surface area is 169 Å². The van der Waals surface area contributed by atoms with Gasteiger partial charge >= 0.3 is 5.97 Å². The Bertz CT molecular complexity index is 814. The first-order chi connectivity index (χ1) is 14.1. The zero-order chi connectivity index (χ0) is 20.5. The van der Waals surface area contributed by atoms with Gasteiger partial charge in [0.15, 0.2) is 6.61 Å². The number of aliphatic carboxylic acids is 1. The third-order valence-corrected chi connectivity index (χ3v) is 4.54. The fourth-order valence-corrected chi connectivity index (χ4v) is 3.01. The first-order valence-electron chi connectivity index (χ1n) is 9.66. The second-order valence-corrected chi connectivity index (χ2v) is 6.81. The third kappa shape index (κ3) is 6.80. The largest absolute Gasteiger partial charge is 0.491 e. The number of benzene rings is 2. The predicted octanol–water partition coefficient (Wildman–Crippen LogP) is 2.68. The standard InChI is InChI=1S/C22H25NO6/c24-21(25)15-29-18-8-6-16(7-9-18)10-11-23-22(26)17-3-1-4-19(13-17)28-14-20-5-2-12-27-20/h1,3-4,6-9,13,20H,2,5,10-12,14-15H2,(H,23,26)(H,24,25). The van der Waals surface area contributed by atoms with Crippen molar-refractivity contribution in [2.24, 2.45) is 0 Å². The molecule has 1 saturated heterocycles. The van der Waals surface area contributed by atoms with Crippen LogP contribution >= 0.6 is 0 Å².